The second-order valence-electron chi connectivity index (χ2n) is 7.14. The maximum atomic E-state index is 12.9. The molecular formula is C22H36N4O5. The van der Waals surface area contributed by atoms with E-state index in [0.29, 0.717) is 45.2 Å². The van der Waals surface area contributed by atoms with E-state index in [-0.39, 0.29) is 13.2 Å². The predicted molar refractivity (Wildman–Crippen MR) is 118 cm³/mol. The first kappa shape index (κ1) is 26.4. The molecule has 9 heteroatoms. The molecule has 0 unspecified atom stereocenters. The Balaban J connectivity index is 2.72. The smallest absolute Gasteiger partial charge is 0.408 e. The highest BCUT2D eigenvalue weighted by Crippen LogP contribution is 2.07. The zero-order chi connectivity index (χ0) is 22.9. The van der Waals surface area contributed by atoms with Gasteiger partial charge >= 0.3 is 12.1 Å². The predicted octanol–water partition coefficient (Wildman–Crippen LogP) is 1.59. The zero-order valence-corrected chi connectivity index (χ0v) is 18.3. The molecule has 0 fully saturated rings. The number of hydrogen-bond acceptors (Lipinski definition) is 7. The highest BCUT2D eigenvalue weighted by atomic mass is 16.5. The Kier molecular flexibility index (Phi) is 13.7. The normalized spacial score (nSPS) is 12.5. The molecular weight excluding hydrogens is 400 g/mol. The number of amides is 2. The van der Waals surface area contributed by atoms with Gasteiger partial charge in [0.25, 0.3) is 0 Å². The van der Waals surface area contributed by atoms with Crippen molar-refractivity contribution in [2.75, 3.05) is 19.7 Å². The first-order valence-corrected chi connectivity index (χ1v) is 10.9. The summed E-state index contributed by atoms with van der Waals surface area (Å²) < 4.78 is 10.3. The fraction of sp³-hybridized carbons (Fsp3) is 0.591. The number of carbonyl (C=O) groups is 3. The SMILES string of the molecule is CCOC(=O)[C@H](CCCCN)NC(=O)[C@H](CCCCN)NC(=O)OCc1ccccc1. The van der Waals surface area contributed by atoms with Crippen LogP contribution >= 0.6 is 0 Å². The summed E-state index contributed by atoms with van der Waals surface area (Å²) in [5.41, 5.74) is 11.9. The molecule has 0 saturated heterocycles. The van der Waals surface area contributed by atoms with E-state index in [4.69, 9.17) is 20.9 Å². The van der Waals surface area contributed by atoms with Crippen molar-refractivity contribution < 1.29 is 23.9 Å². The maximum absolute atomic E-state index is 12.9. The molecule has 0 radical (unpaired) electrons. The molecule has 0 aliphatic heterocycles. The number of ether oxygens (including phenoxy) is 2. The van der Waals surface area contributed by atoms with Gasteiger partial charge in [-0.25, -0.2) is 9.59 Å². The van der Waals surface area contributed by atoms with Crippen LogP contribution in [0, 0.1) is 0 Å². The maximum Gasteiger partial charge on any atom is 0.408 e. The number of benzene rings is 1. The van der Waals surface area contributed by atoms with Crippen LogP contribution in [0.15, 0.2) is 30.3 Å². The summed E-state index contributed by atoms with van der Waals surface area (Å²) in [5.74, 6) is -0.959. The van der Waals surface area contributed by atoms with Crippen molar-refractivity contribution in [2.24, 2.45) is 11.5 Å². The zero-order valence-electron chi connectivity index (χ0n) is 18.3. The third-order valence-corrected chi connectivity index (χ3v) is 4.60. The summed E-state index contributed by atoms with van der Waals surface area (Å²) >= 11 is 0. The van der Waals surface area contributed by atoms with Crippen LogP contribution in [0.1, 0.15) is 51.0 Å². The molecule has 1 aromatic rings. The van der Waals surface area contributed by atoms with Crippen molar-refractivity contribution in [3.05, 3.63) is 35.9 Å². The number of unbranched alkanes of at least 4 members (excludes halogenated alkanes) is 2. The van der Waals surface area contributed by atoms with Crippen LogP contribution in [0.3, 0.4) is 0 Å². The minimum absolute atomic E-state index is 0.0916. The lowest BCUT2D eigenvalue weighted by atomic mass is 10.1. The Labute approximate surface area is 184 Å². The molecule has 2 atom stereocenters. The first-order chi connectivity index (χ1) is 15.0. The molecule has 6 N–H and O–H groups in total. The summed E-state index contributed by atoms with van der Waals surface area (Å²) in [4.78, 5) is 37.3. The lowest BCUT2D eigenvalue weighted by Gasteiger charge is -2.22. The minimum atomic E-state index is -0.846. The molecule has 1 rings (SSSR count). The van der Waals surface area contributed by atoms with Gasteiger partial charge < -0.3 is 31.6 Å². The van der Waals surface area contributed by atoms with Crippen LogP contribution in [0.2, 0.25) is 0 Å². The van der Waals surface area contributed by atoms with E-state index in [0.717, 1.165) is 12.0 Å². The van der Waals surface area contributed by atoms with Crippen molar-refractivity contribution in [1.82, 2.24) is 10.6 Å². The number of nitrogens with one attached hydrogen (secondary N) is 2. The molecule has 0 spiro atoms. The monoisotopic (exact) mass is 436 g/mol. The van der Waals surface area contributed by atoms with E-state index in [9.17, 15) is 14.4 Å². The van der Waals surface area contributed by atoms with Gasteiger partial charge in [0, 0.05) is 0 Å². The third-order valence-electron chi connectivity index (χ3n) is 4.60. The number of rotatable bonds is 15. The van der Waals surface area contributed by atoms with Crippen LogP contribution in [0.25, 0.3) is 0 Å². The van der Waals surface area contributed by atoms with Crippen molar-refractivity contribution in [1.29, 1.82) is 0 Å². The summed E-state index contributed by atoms with van der Waals surface area (Å²) in [6.45, 7) is 2.99. The Morgan fingerprint density at radius 1 is 0.871 bits per heavy atom. The van der Waals surface area contributed by atoms with Crippen molar-refractivity contribution in [3.8, 4) is 0 Å². The first-order valence-electron chi connectivity index (χ1n) is 10.9. The van der Waals surface area contributed by atoms with Crippen LogP contribution in [-0.4, -0.2) is 49.7 Å². The van der Waals surface area contributed by atoms with E-state index < -0.39 is 30.1 Å². The molecule has 0 aromatic heterocycles. The van der Waals surface area contributed by atoms with Crippen LogP contribution in [0.5, 0.6) is 0 Å². The van der Waals surface area contributed by atoms with Crippen molar-refractivity contribution in [2.45, 2.75) is 64.1 Å². The topological polar surface area (TPSA) is 146 Å². The summed E-state index contributed by atoms with van der Waals surface area (Å²) in [5, 5.41) is 5.31. The van der Waals surface area contributed by atoms with E-state index in [1.165, 1.54) is 0 Å². The van der Waals surface area contributed by atoms with Gasteiger partial charge in [-0.2, -0.15) is 0 Å². The van der Waals surface area contributed by atoms with Gasteiger partial charge in [-0.3, -0.25) is 4.79 Å². The summed E-state index contributed by atoms with van der Waals surface area (Å²) in [6, 6.07) is 7.60. The van der Waals surface area contributed by atoms with Gasteiger partial charge in [-0.05, 0) is 64.1 Å². The van der Waals surface area contributed by atoms with Crippen molar-refractivity contribution >= 4 is 18.0 Å². The Hall–Kier alpha value is -2.65. The van der Waals surface area contributed by atoms with Crippen LogP contribution in [0.4, 0.5) is 4.79 Å². The molecule has 31 heavy (non-hydrogen) atoms. The molecule has 0 aliphatic carbocycles. The largest absolute Gasteiger partial charge is 0.464 e. The van der Waals surface area contributed by atoms with Gasteiger partial charge in [0.05, 0.1) is 6.61 Å². The van der Waals surface area contributed by atoms with Gasteiger partial charge in [0.2, 0.25) is 5.91 Å². The Morgan fingerprint density at radius 3 is 2.06 bits per heavy atom. The van der Waals surface area contributed by atoms with Crippen LogP contribution in [-0.2, 0) is 25.7 Å². The van der Waals surface area contributed by atoms with Gasteiger partial charge in [0.15, 0.2) is 0 Å². The second kappa shape index (κ2) is 16.1. The minimum Gasteiger partial charge on any atom is -0.464 e. The van der Waals surface area contributed by atoms with E-state index >= 15 is 0 Å². The highest BCUT2D eigenvalue weighted by molar-refractivity contribution is 5.89. The number of hydrogen-bond donors (Lipinski definition) is 4. The summed E-state index contributed by atoms with van der Waals surface area (Å²) in [7, 11) is 0. The van der Waals surface area contributed by atoms with E-state index in [1.807, 2.05) is 30.3 Å². The standard InChI is InChI=1S/C22H36N4O5/c1-2-30-21(28)19(13-7-9-15-24)25-20(27)18(12-6-8-14-23)26-22(29)31-16-17-10-4-3-5-11-17/h3-5,10-11,18-19H,2,6-9,12-16,23-24H2,1H3,(H,25,27)(H,26,29)/t18-,19-/m0/s1. The average Bonchev–Trinajstić information content (AvgIpc) is 2.77. The Bertz CT molecular complexity index is 657. The molecule has 0 bridgehead atoms. The molecule has 1 aromatic carbocycles. The lowest BCUT2D eigenvalue weighted by molar-refractivity contribution is -0.147. The fourth-order valence-corrected chi connectivity index (χ4v) is 2.93. The molecule has 9 nitrogen and oxygen atoms in total. The highest BCUT2D eigenvalue weighted by Gasteiger charge is 2.27. The molecule has 0 saturated carbocycles. The molecule has 0 heterocycles. The quantitative estimate of drug-likeness (QED) is 0.241. The van der Waals surface area contributed by atoms with E-state index in [2.05, 4.69) is 10.6 Å². The third kappa shape index (κ3) is 11.4. The van der Waals surface area contributed by atoms with Gasteiger partial charge in [-0.1, -0.05) is 30.3 Å². The van der Waals surface area contributed by atoms with E-state index in [1.54, 1.807) is 6.92 Å². The molecule has 2 amide bonds. The number of alkyl carbamates (subject to hydrolysis) is 1. The Morgan fingerprint density at radius 2 is 1.48 bits per heavy atom. The fourth-order valence-electron chi connectivity index (χ4n) is 2.93. The average molecular weight is 437 g/mol. The van der Waals surface area contributed by atoms with Gasteiger partial charge in [0.1, 0.15) is 18.7 Å². The number of nitrogens with two attached hydrogens (primary N) is 2. The van der Waals surface area contributed by atoms with Gasteiger partial charge in [-0.15, -0.1) is 0 Å². The molecule has 174 valence electrons. The number of carbonyl (C=O) groups excluding carboxylic acids is 3. The van der Waals surface area contributed by atoms with Crippen molar-refractivity contribution in [3.63, 3.8) is 0 Å². The number of esters is 1. The second-order valence-corrected chi connectivity index (χ2v) is 7.14. The lowest BCUT2D eigenvalue weighted by Crippen LogP contribution is -2.52. The van der Waals surface area contributed by atoms with Crippen LogP contribution < -0.4 is 22.1 Å². The summed E-state index contributed by atoms with van der Waals surface area (Å²) in [6.07, 6.45) is 2.85. The molecule has 0 aliphatic rings.